The average molecular weight is 365 g/mol. The molecular formula is C17H15BrClNO. The molecule has 2 nitrogen and oxygen atoms in total. The van der Waals surface area contributed by atoms with Crippen molar-refractivity contribution < 1.29 is 4.79 Å². The molecule has 0 heterocycles. The predicted molar refractivity (Wildman–Crippen MR) is 92.7 cm³/mol. The number of amides is 1. The third kappa shape index (κ3) is 4.45. The number of carbonyl (C=O) groups excluding carboxylic acids is 1. The highest BCUT2D eigenvalue weighted by Crippen LogP contribution is 2.25. The van der Waals surface area contributed by atoms with Gasteiger partial charge in [-0.3, -0.25) is 4.79 Å². The summed E-state index contributed by atoms with van der Waals surface area (Å²) in [5, 5.41) is 3.59. The van der Waals surface area contributed by atoms with Gasteiger partial charge in [-0.2, -0.15) is 0 Å². The van der Waals surface area contributed by atoms with Crippen LogP contribution in [0.15, 0.2) is 46.9 Å². The zero-order valence-electron chi connectivity index (χ0n) is 11.8. The zero-order valence-corrected chi connectivity index (χ0v) is 14.1. The molecule has 0 saturated heterocycles. The summed E-state index contributed by atoms with van der Waals surface area (Å²) >= 11 is 9.27. The molecule has 1 amide bonds. The van der Waals surface area contributed by atoms with Crippen molar-refractivity contribution in [3.63, 3.8) is 0 Å². The lowest BCUT2D eigenvalue weighted by Crippen LogP contribution is -2.10. The number of anilines is 1. The fourth-order valence-electron chi connectivity index (χ4n) is 2.02. The lowest BCUT2D eigenvalue weighted by Gasteiger charge is -2.10. The summed E-state index contributed by atoms with van der Waals surface area (Å²) in [7, 11) is 0. The molecular weight excluding hydrogens is 350 g/mol. The number of halogens is 2. The van der Waals surface area contributed by atoms with Gasteiger partial charge in [-0.25, -0.2) is 0 Å². The molecule has 0 fully saturated rings. The second-order valence-corrected chi connectivity index (χ2v) is 6.14. The molecule has 1 N–H and O–H groups in total. The Bertz CT molecular complexity index is 669. The van der Waals surface area contributed by atoms with E-state index >= 15 is 0 Å². The molecule has 21 heavy (non-hydrogen) atoms. The fourth-order valence-corrected chi connectivity index (χ4v) is 2.83. The van der Waals surface area contributed by atoms with E-state index in [1.54, 1.807) is 18.2 Å². The first-order valence-electron chi connectivity index (χ1n) is 6.47. The monoisotopic (exact) mass is 363 g/mol. The van der Waals surface area contributed by atoms with E-state index in [0.29, 0.717) is 5.02 Å². The SMILES string of the molecule is Cc1cc(Br)cc(C)c1NC(=O)C=Cc1ccc(Cl)cc1. The van der Waals surface area contributed by atoms with Crippen molar-refractivity contribution in [3.05, 3.63) is 68.7 Å². The number of hydrogen-bond donors (Lipinski definition) is 1. The average Bonchev–Trinajstić information content (AvgIpc) is 2.42. The van der Waals surface area contributed by atoms with Crippen LogP contribution in [0.25, 0.3) is 6.08 Å². The summed E-state index contributed by atoms with van der Waals surface area (Å²) in [6, 6.07) is 11.3. The summed E-state index contributed by atoms with van der Waals surface area (Å²) < 4.78 is 1.01. The van der Waals surface area contributed by atoms with Gasteiger partial charge in [0.15, 0.2) is 0 Å². The summed E-state index contributed by atoms with van der Waals surface area (Å²) in [5.41, 5.74) is 3.83. The Morgan fingerprint density at radius 1 is 1.14 bits per heavy atom. The highest BCUT2D eigenvalue weighted by atomic mass is 79.9. The van der Waals surface area contributed by atoms with Gasteiger partial charge in [-0.1, -0.05) is 39.7 Å². The molecule has 0 atom stereocenters. The van der Waals surface area contributed by atoms with Gasteiger partial charge in [0.2, 0.25) is 5.91 Å². The van der Waals surface area contributed by atoms with E-state index in [2.05, 4.69) is 21.2 Å². The Kier molecular flexibility index (Phi) is 5.21. The second-order valence-electron chi connectivity index (χ2n) is 4.79. The smallest absolute Gasteiger partial charge is 0.248 e. The molecule has 0 aliphatic rings. The molecule has 0 saturated carbocycles. The standard InChI is InChI=1S/C17H15BrClNO/c1-11-9-14(18)10-12(2)17(11)20-16(21)8-5-13-3-6-15(19)7-4-13/h3-10H,1-2H3,(H,20,21). The fraction of sp³-hybridized carbons (Fsp3) is 0.118. The molecule has 4 heteroatoms. The third-order valence-corrected chi connectivity index (χ3v) is 3.75. The van der Waals surface area contributed by atoms with E-state index in [4.69, 9.17) is 11.6 Å². The van der Waals surface area contributed by atoms with Crippen molar-refractivity contribution in [2.75, 3.05) is 5.32 Å². The van der Waals surface area contributed by atoms with Crippen molar-refractivity contribution in [3.8, 4) is 0 Å². The molecule has 0 aromatic heterocycles. The number of carbonyl (C=O) groups is 1. The van der Waals surface area contributed by atoms with Crippen molar-refractivity contribution in [1.82, 2.24) is 0 Å². The van der Waals surface area contributed by atoms with Crippen molar-refractivity contribution in [2.45, 2.75) is 13.8 Å². The maximum atomic E-state index is 12.0. The van der Waals surface area contributed by atoms with E-state index in [1.165, 1.54) is 6.08 Å². The van der Waals surface area contributed by atoms with Crippen molar-refractivity contribution >= 4 is 45.2 Å². The molecule has 0 unspecified atom stereocenters. The Morgan fingerprint density at radius 2 is 1.71 bits per heavy atom. The van der Waals surface area contributed by atoms with Gasteiger partial charge in [0.25, 0.3) is 0 Å². The number of hydrogen-bond acceptors (Lipinski definition) is 1. The largest absolute Gasteiger partial charge is 0.322 e. The molecule has 0 aliphatic carbocycles. The number of benzene rings is 2. The minimum Gasteiger partial charge on any atom is -0.322 e. The minimum absolute atomic E-state index is 0.154. The lowest BCUT2D eigenvalue weighted by molar-refractivity contribution is -0.111. The molecule has 0 radical (unpaired) electrons. The number of rotatable bonds is 3. The van der Waals surface area contributed by atoms with Gasteiger partial charge in [0.1, 0.15) is 0 Å². The van der Waals surface area contributed by atoms with Crippen LogP contribution in [0, 0.1) is 13.8 Å². The minimum atomic E-state index is -0.154. The van der Waals surface area contributed by atoms with Gasteiger partial charge < -0.3 is 5.32 Å². The van der Waals surface area contributed by atoms with Crippen LogP contribution < -0.4 is 5.32 Å². The topological polar surface area (TPSA) is 29.1 Å². The van der Waals surface area contributed by atoms with Crippen LogP contribution in [-0.4, -0.2) is 5.91 Å². The van der Waals surface area contributed by atoms with Crippen LogP contribution >= 0.6 is 27.5 Å². The maximum Gasteiger partial charge on any atom is 0.248 e. The van der Waals surface area contributed by atoms with Gasteiger partial charge in [-0.05, 0) is 60.9 Å². The summed E-state index contributed by atoms with van der Waals surface area (Å²) in [6.07, 6.45) is 3.28. The Morgan fingerprint density at radius 3 is 2.29 bits per heavy atom. The Hall–Kier alpha value is -1.58. The summed E-state index contributed by atoms with van der Waals surface area (Å²) in [4.78, 5) is 12.0. The van der Waals surface area contributed by atoms with Gasteiger partial charge in [-0.15, -0.1) is 0 Å². The predicted octanol–water partition coefficient (Wildman–Crippen LogP) is 5.37. The van der Waals surface area contributed by atoms with E-state index in [9.17, 15) is 4.79 Å². The van der Waals surface area contributed by atoms with Gasteiger partial charge >= 0.3 is 0 Å². The highest BCUT2D eigenvalue weighted by molar-refractivity contribution is 9.10. The first kappa shape index (κ1) is 15.8. The molecule has 0 bridgehead atoms. The van der Waals surface area contributed by atoms with Gasteiger partial charge in [0.05, 0.1) is 0 Å². The molecule has 2 rings (SSSR count). The van der Waals surface area contributed by atoms with Crippen LogP contribution in [0.2, 0.25) is 5.02 Å². The van der Waals surface area contributed by atoms with Crippen molar-refractivity contribution in [1.29, 1.82) is 0 Å². The van der Waals surface area contributed by atoms with E-state index < -0.39 is 0 Å². The third-order valence-electron chi connectivity index (χ3n) is 3.04. The normalized spacial score (nSPS) is 10.9. The highest BCUT2D eigenvalue weighted by Gasteiger charge is 2.06. The van der Waals surface area contributed by atoms with E-state index in [-0.39, 0.29) is 5.91 Å². The molecule has 0 spiro atoms. The molecule has 2 aromatic carbocycles. The van der Waals surface area contributed by atoms with Crippen LogP contribution in [-0.2, 0) is 4.79 Å². The lowest BCUT2D eigenvalue weighted by atomic mass is 10.1. The van der Waals surface area contributed by atoms with Gasteiger partial charge in [0, 0.05) is 21.3 Å². The quantitative estimate of drug-likeness (QED) is 0.729. The van der Waals surface area contributed by atoms with Crippen LogP contribution in [0.5, 0.6) is 0 Å². The summed E-state index contributed by atoms with van der Waals surface area (Å²) in [6.45, 7) is 3.94. The van der Waals surface area contributed by atoms with Crippen LogP contribution in [0.4, 0.5) is 5.69 Å². The second kappa shape index (κ2) is 6.92. The first-order valence-corrected chi connectivity index (χ1v) is 7.64. The molecule has 0 aliphatic heterocycles. The first-order chi connectivity index (χ1) is 9.95. The Labute approximate surface area is 138 Å². The van der Waals surface area contributed by atoms with E-state index in [1.807, 2.05) is 38.1 Å². The molecule has 108 valence electrons. The zero-order chi connectivity index (χ0) is 15.4. The number of aryl methyl sites for hydroxylation is 2. The maximum absolute atomic E-state index is 12.0. The van der Waals surface area contributed by atoms with Crippen molar-refractivity contribution in [2.24, 2.45) is 0 Å². The Balaban J connectivity index is 2.10. The van der Waals surface area contributed by atoms with Crippen LogP contribution in [0.1, 0.15) is 16.7 Å². The number of nitrogens with one attached hydrogen (secondary N) is 1. The summed E-state index contributed by atoms with van der Waals surface area (Å²) in [5.74, 6) is -0.154. The van der Waals surface area contributed by atoms with Crippen LogP contribution in [0.3, 0.4) is 0 Å². The van der Waals surface area contributed by atoms with E-state index in [0.717, 1.165) is 26.9 Å². The molecule has 2 aromatic rings.